The first kappa shape index (κ1) is 12.1. The summed E-state index contributed by atoms with van der Waals surface area (Å²) < 4.78 is 76.1. The average Bonchev–Trinajstić information content (AvgIpc) is 2.27. The third-order valence-corrected chi connectivity index (χ3v) is 1.55. The number of urea groups is 1. The Balaban J connectivity index is 3.56. The van der Waals surface area contributed by atoms with E-state index in [1.54, 1.807) is 0 Å². The molecule has 0 spiro atoms. The van der Waals surface area contributed by atoms with Gasteiger partial charge >= 0.3 is 6.03 Å². The highest BCUT2D eigenvalue weighted by Gasteiger charge is 2.36. The van der Waals surface area contributed by atoms with Gasteiger partial charge in [-0.05, 0) is 0 Å². The number of rotatable bonds is 0. The molecular weight excluding hydrogens is 242 g/mol. The molecule has 2 amide bonds. The van der Waals surface area contributed by atoms with Gasteiger partial charge in [0.05, 0.1) is 0 Å². The molecule has 0 fully saturated rings. The number of amides is 2. The first-order valence-electron chi connectivity index (χ1n) is 3.55. The lowest BCUT2D eigenvalue weighted by atomic mass is 10.4. The SMILES string of the molecule is NC(=O)N1C(F)=C(F)C(F)=C(F)C(F)=C1F. The molecular formula is C7H2F6N2O. The minimum absolute atomic E-state index is 0.975. The number of allylic oxidation sites excluding steroid dienone is 4. The molecule has 9 heteroatoms. The maximum atomic E-state index is 12.8. The first-order valence-corrected chi connectivity index (χ1v) is 3.55. The largest absolute Gasteiger partial charge is 0.351 e. The van der Waals surface area contributed by atoms with Crippen LogP contribution in [-0.4, -0.2) is 10.9 Å². The summed E-state index contributed by atoms with van der Waals surface area (Å²) in [5.74, 6) is -15.3. The first-order chi connectivity index (χ1) is 7.29. The van der Waals surface area contributed by atoms with Gasteiger partial charge in [0.25, 0.3) is 0 Å². The van der Waals surface area contributed by atoms with Crippen LogP contribution in [0.3, 0.4) is 0 Å². The predicted molar refractivity (Wildman–Crippen MR) is 39.1 cm³/mol. The van der Waals surface area contributed by atoms with Crippen molar-refractivity contribution in [3.8, 4) is 0 Å². The fourth-order valence-corrected chi connectivity index (χ4v) is 0.850. The third-order valence-electron chi connectivity index (χ3n) is 1.55. The van der Waals surface area contributed by atoms with E-state index in [2.05, 4.69) is 5.73 Å². The van der Waals surface area contributed by atoms with Crippen molar-refractivity contribution >= 4 is 6.03 Å². The van der Waals surface area contributed by atoms with E-state index >= 15 is 0 Å². The molecule has 0 atom stereocenters. The fourth-order valence-electron chi connectivity index (χ4n) is 0.850. The Hall–Kier alpha value is -1.93. The van der Waals surface area contributed by atoms with Crippen LogP contribution in [-0.2, 0) is 0 Å². The summed E-state index contributed by atoms with van der Waals surface area (Å²) in [6.45, 7) is 0. The fraction of sp³-hybridized carbons (Fsp3) is 0. The Morgan fingerprint density at radius 1 is 0.812 bits per heavy atom. The van der Waals surface area contributed by atoms with Crippen molar-refractivity contribution < 1.29 is 31.1 Å². The van der Waals surface area contributed by atoms with Gasteiger partial charge in [0.2, 0.25) is 35.2 Å². The van der Waals surface area contributed by atoms with Crippen LogP contribution in [0.15, 0.2) is 35.2 Å². The summed E-state index contributed by atoms with van der Waals surface area (Å²) in [5, 5.41) is 0. The van der Waals surface area contributed by atoms with E-state index in [0.29, 0.717) is 0 Å². The molecule has 0 radical (unpaired) electrons. The van der Waals surface area contributed by atoms with Crippen molar-refractivity contribution in [1.29, 1.82) is 0 Å². The highest BCUT2D eigenvalue weighted by molar-refractivity contribution is 5.76. The molecule has 0 bridgehead atoms. The molecule has 0 unspecified atom stereocenters. The quantitative estimate of drug-likeness (QED) is 0.516. The monoisotopic (exact) mass is 244 g/mol. The maximum Gasteiger partial charge on any atom is 0.327 e. The molecule has 0 aromatic heterocycles. The van der Waals surface area contributed by atoms with Crippen LogP contribution in [0, 0.1) is 0 Å². The van der Waals surface area contributed by atoms with Crippen molar-refractivity contribution in [3.63, 3.8) is 0 Å². The van der Waals surface area contributed by atoms with Crippen LogP contribution < -0.4 is 5.73 Å². The number of hydrogen-bond acceptors (Lipinski definition) is 1. The van der Waals surface area contributed by atoms with Gasteiger partial charge < -0.3 is 5.73 Å². The van der Waals surface area contributed by atoms with Crippen LogP contribution in [0.4, 0.5) is 31.1 Å². The summed E-state index contributed by atoms with van der Waals surface area (Å²) >= 11 is 0. The van der Waals surface area contributed by atoms with Gasteiger partial charge in [0, 0.05) is 0 Å². The second-order valence-electron chi connectivity index (χ2n) is 2.51. The molecule has 1 aliphatic rings. The van der Waals surface area contributed by atoms with Crippen LogP contribution in [0.1, 0.15) is 0 Å². The Bertz CT molecular complexity index is 418. The minimum atomic E-state index is -2.60. The van der Waals surface area contributed by atoms with Gasteiger partial charge in [-0.3, -0.25) is 0 Å². The van der Waals surface area contributed by atoms with E-state index in [9.17, 15) is 31.1 Å². The molecule has 2 N–H and O–H groups in total. The number of nitrogens with two attached hydrogens (primary N) is 1. The Kier molecular flexibility index (Phi) is 2.97. The number of carbonyl (C=O) groups excluding carboxylic acids is 1. The van der Waals surface area contributed by atoms with Crippen molar-refractivity contribution in [2.75, 3.05) is 0 Å². The zero-order valence-corrected chi connectivity index (χ0v) is 7.20. The van der Waals surface area contributed by atoms with E-state index in [4.69, 9.17) is 0 Å². The van der Waals surface area contributed by atoms with Crippen LogP contribution in [0.25, 0.3) is 0 Å². The molecule has 0 saturated carbocycles. The summed E-state index contributed by atoms with van der Waals surface area (Å²) in [5.41, 5.74) is 4.37. The van der Waals surface area contributed by atoms with Gasteiger partial charge in [-0.2, -0.15) is 17.6 Å². The number of primary amides is 1. The molecule has 3 nitrogen and oxygen atoms in total. The maximum absolute atomic E-state index is 12.8. The van der Waals surface area contributed by atoms with Crippen LogP contribution in [0.2, 0.25) is 0 Å². The summed E-state index contributed by atoms with van der Waals surface area (Å²) in [6, 6.07) is -1.98. The van der Waals surface area contributed by atoms with Crippen LogP contribution >= 0.6 is 0 Å². The number of carbonyl (C=O) groups is 1. The van der Waals surface area contributed by atoms with Crippen LogP contribution in [0.5, 0.6) is 0 Å². The van der Waals surface area contributed by atoms with Gasteiger partial charge in [0.1, 0.15) is 0 Å². The van der Waals surface area contributed by atoms with Gasteiger partial charge in [-0.25, -0.2) is 18.5 Å². The number of hydrogen-bond donors (Lipinski definition) is 1. The second kappa shape index (κ2) is 3.91. The van der Waals surface area contributed by atoms with E-state index < -0.39 is 46.1 Å². The Morgan fingerprint density at radius 2 is 1.12 bits per heavy atom. The lowest BCUT2D eigenvalue weighted by Gasteiger charge is -2.13. The standard InChI is InChI=1S/C7H2F6N2O/c8-1-2(9)4(11)6(13)15(7(14)16)5(12)3(1)10/h(H2,14,16). The summed E-state index contributed by atoms with van der Waals surface area (Å²) in [4.78, 5) is 9.46. The zero-order valence-electron chi connectivity index (χ0n) is 7.20. The topological polar surface area (TPSA) is 46.3 Å². The number of nitrogens with zero attached hydrogens (tertiary/aromatic N) is 1. The Labute approximate surface area is 84.1 Å². The van der Waals surface area contributed by atoms with Crippen molar-refractivity contribution in [3.05, 3.63) is 35.2 Å². The smallest absolute Gasteiger partial charge is 0.327 e. The normalized spacial score (nSPS) is 18.2. The molecule has 1 heterocycles. The third kappa shape index (κ3) is 1.64. The van der Waals surface area contributed by atoms with E-state index in [0.717, 1.165) is 0 Å². The van der Waals surface area contributed by atoms with E-state index in [-0.39, 0.29) is 0 Å². The highest BCUT2D eigenvalue weighted by Crippen LogP contribution is 2.36. The van der Waals surface area contributed by atoms with Crippen molar-refractivity contribution in [2.45, 2.75) is 0 Å². The van der Waals surface area contributed by atoms with Crippen molar-refractivity contribution in [2.24, 2.45) is 5.73 Å². The van der Waals surface area contributed by atoms with E-state index in [1.807, 2.05) is 0 Å². The predicted octanol–water partition coefficient (Wildman–Crippen LogP) is 2.75. The minimum Gasteiger partial charge on any atom is -0.351 e. The molecule has 16 heavy (non-hydrogen) atoms. The molecule has 88 valence electrons. The molecule has 1 rings (SSSR count). The van der Waals surface area contributed by atoms with E-state index in [1.165, 1.54) is 0 Å². The zero-order chi connectivity index (χ0) is 12.6. The Morgan fingerprint density at radius 3 is 1.38 bits per heavy atom. The van der Waals surface area contributed by atoms with Gasteiger partial charge in [-0.1, -0.05) is 0 Å². The van der Waals surface area contributed by atoms with Gasteiger partial charge in [0.15, 0.2) is 0 Å². The lowest BCUT2D eigenvalue weighted by Crippen LogP contribution is -2.32. The van der Waals surface area contributed by atoms with Gasteiger partial charge in [-0.15, -0.1) is 0 Å². The molecule has 0 saturated heterocycles. The molecule has 0 aliphatic carbocycles. The number of halogens is 6. The molecule has 0 aromatic carbocycles. The molecule has 1 aliphatic heterocycles. The summed E-state index contributed by atoms with van der Waals surface area (Å²) in [7, 11) is 0. The molecule has 0 aromatic rings. The second-order valence-corrected chi connectivity index (χ2v) is 2.51. The average molecular weight is 244 g/mol. The highest BCUT2D eigenvalue weighted by atomic mass is 19.2. The van der Waals surface area contributed by atoms with Crippen molar-refractivity contribution in [1.82, 2.24) is 4.90 Å². The lowest BCUT2D eigenvalue weighted by molar-refractivity contribution is 0.203. The summed E-state index contributed by atoms with van der Waals surface area (Å²) in [6.07, 6.45) is 0.